The Kier molecular flexibility index (Phi) is 7.16. The number of rotatable bonds is 3. The molecule has 3 N–H and O–H groups in total. The van der Waals surface area contributed by atoms with Crippen molar-refractivity contribution in [3.05, 3.63) is 34.6 Å². The van der Waals surface area contributed by atoms with Crippen LogP contribution < -0.4 is 5.73 Å². The van der Waals surface area contributed by atoms with Crippen LogP contribution in [-0.2, 0) is 13.1 Å². The van der Waals surface area contributed by atoms with Gasteiger partial charge in [-0.25, -0.2) is 0 Å². The smallest absolute Gasteiger partial charge is 0.195 e. The van der Waals surface area contributed by atoms with Gasteiger partial charge in [0.25, 0.3) is 0 Å². The molecule has 100 valence electrons. The van der Waals surface area contributed by atoms with Gasteiger partial charge in [0.05, 0.1) is 0 Å². The summed E-state index contributed by atoms with van der Waals surface area (Å²) in [7, 11) is 0. The summed E-state index contributed by atoms with van der Waals surface area (Å²) in [5.74, 6) is 0.871. The summed E-state index contributed by atoms with van der Waals surface area (Å²) in [6.07, 6.45) is 0. The molecule has 0 unspecified atom stereocenters. The molecular weight excluding hydrogens is 291 g/mol. The number of aromatic nitrogens is 3. The molecule has 0 atom stereocenters. The molecule has 1 heterocycles. The van der Waals surface area contributed by atoms with Crippen LogP contribution in [0.5, 0.6) is 0 Å². The Labute approximate surface area is 123 Å². The van der Waals surface area contributed by atoms with Crippen molar-refractivity contribution in [2.75, 3.05) is 0 Å². The molecule has 0 saturated heterocycles. The maximum atomic E-state index is 5.56. The van der Waals surface area contributed by atoms with Crippen LogP contribution in [0.15, 0.2) is 24.3 Å². The van der Waals surface area contributed by atoms with Crippen molar-refractivity contribution in [1.82, 2.24) is 14.8 Å². The van der Waals surface area contributed by atoms with Crippen molar-refractivity contribution < 1.29 is 0 Å². The first kappa shape index (κ1) is 17.1. The average Bonchev–Trinajstić information content (AvgIpc) is 2.70. The molecule has 0 amide bonds. The van der Waals surface area contributed by atoms with E-state index in [2.05, 4.69) is 10.2 Å². The van der Waals surface area contributed by atoms with Gasteiger partial charge in [0.1, 0.15) is 0 Å². The summed E-state index contributed by atoms with van der Waals surface area (Å²) in [5.41, 5.74) is 7.71. The lowest BCUT2D eigenvalue weighted by atomic mass is 10.1. The Bertz CT molecular complexity index is 533. The zero-order valence-corrected chi connectivity index (χ0v) is 12.4. The van der Waals surface area contributed by atoms with Crippen molar-refractivity contribution >= 4 is 37.0 Å². The van der Waals surface area contributed by atoms with Crippen LogP contribution >= 0.6 is 37.0 Å². The highest BCUT2D eigenvalue weighted by atomic mass is 35.5. The Morgan fingerprint density at radius 1 is 1.28 bits per heavy atom. The number of aromatic amines is 1. The maximum Gasteiger partial charge on any atom is 0.195 e. The molecule has 4 nitrogen and oxygen atoms in total. The Balaban J connectivity index is 0.00000144. The van der Waals surface area contributed by atoms with E-state index in [4.69, 9.17) is 18.0 Å². The number of benzene rings is 1. The molecule has 0 saturated carbocycles. The van der Waals surface area contributed by atoms with Crippen molar-refractivity contribution in [3.8, 4) is 11.4 Å². The first-order valence-corrected chi connectivity index (χ1v) is 5.61. The molecule has 1 aromatic carbocycles. The van der Waals surface area contributed by atoms with Crippen molar-refractivity contribution in [3.63, 3.8) is 0 Å². The van der Waals surface area contributed by atoms with Crippen LogP contribution in [0.4, 0.5) is 0 Å². The van der Waals surface area contributed by atoms with Crippen LogP contribution in [0.3, 0.4) is 0 Å². The van der Waals surface area contributed by atoms with E-state index >= 15 is 0 Å². The largest absolute Gasteiger partial charge is 0.326 e. The Morgan fingerprint density at radius 3 is 2.39 bits per heavy atom. The summed E-state index contributed by atoms with van der Waals surface area (Å²) in [6.45, 7) is 3.41. The molecule has 0 aliphatic heterocycles. The van der Waals surface area contributed by atoms with Crippen molar-refractivity contribution in [2.45, 2.75) is 20.0 Å². The highest BCUT2D eigenvalue weighted by molar-refractivity contribution is 7.71. The zero-order chi connectivity index (χ0) is 11.5. The third-order valence-electron chi connectivity index (χ3n) is 2.52. The minimum Gasteiger partial charge on any atom is -0.326 e. The molecule has 0 radical (unpaired) electrons. The van der Waals surface area contributed by atoms with Crippen LogP contribution in [0.1, 0.15) is 12.5 Å². The van der Waals surface area contributed by atoms with Gasteiger partial charge in [-0.05, 0) is 24.7 Å². The van der Waals surface area contributed by atoms with E-state index in [1.807, 2.05) is 35.8 Å². The fourth-order valence-corrected chi connectivity index (χ4v) is 1.88. The average molecular weight is 307 g/mol. The molecule has 18 heavy (non-hydrogen) atoms. The molecule has 0 fully saturated rings. The minimum absolute atomic E-state index is 0. The highest BCUT2D eigenvalue weighted by Gasteiger charge is 2.06. The van der Waals surface area contributed by atoms with Crippen LogP contribution in [0, 0.1) is 4.77 Å². The monoisotopic (exact) mass is 306 g/mol. The second-order valence-electron chi connectivity index (χ2n) is 3.50. The van der Waals surface area contributed by atoms with E-state index in [0.717, 1.165) is 23.5 Å². The first-order chi connectivity index (χ1) is 7.76. The van der Waals surface area contributed by atoms with Gasteiger partial charge in [-0.3, -0.25) is 5.10 Å². The van der Waals surface area contributed by atoms with Gasteiger partial charge in [-0.2, -0.15) is 5.10 Å². The van der Waals surface area contributed by atoms with Gasteiger partial charge in [-0.1, -0.05) is 24.3 Å². The Hall–Kier alpha value is -0.880. The van der Waals surface area contributed by atoms with E-state index in [1.54, 1.807) is 0 Å². The molecule has 0 aliphatic carbocycles. The molecule has 0 spiro atoms. The lowest BCUT2D eigenvalue weighted by molar-refractivity contribution is 0.755. The second kappa shape index (κ2) is 7.53. The number of nitrogens with zero attached hydrogens (tertiary/aromatic N) is 2. The predicted molar refractivity (Wildman–Crippen MR) is 80.9 cm³/mol. The van der Waals surface area contributed by atoms with Gasteiger partial charge in [0.15, 0.2) is 10.6 Å². The minimum atomic E-state index is 0. The fraction of sp³-hybridized carbons (Fsp3) is 0.273. The quantitative estimate of drug-likeness (QED) is 0.857. The van der Waals surface area contributed by atoms with Crippen LogP contribution in [0.2, 0.25) is 0 Å². The molecular formula is C11H16Cl2N4S. The SMILES string of the molecule is CCn1c(-c2ccc(CN)cc2)n[nH]c1=S.Cl.Cl. The van der Waals surface area contributed by atoms with Gasteiger partial charge in [0.2, 0.25) is 0 Å². The lowest BCUT2D eigenvalue weighted by Crippen LogP contribution is -1.99. The van der Waals surface area contributed by atoms with Gasteiger partial charge >= 0.3 is 0 Å². The van der Waals surface area contributed by atoms with E-state index in [-0.39, 0.29) is 24.8 Å². The number of halogens is 2. The second-order valence-corrected chi connectivity index (χ2v) is 3.88. The molecule has 1 aromatic heterocycles. The molecule has 0 aliphatic rings. The summed E-state index contributed by atoms with van der Waals surface area (Å²) in [4.78, 5) is 0. The molecule has 7 heteroatoms. The summed E-state index contributed by atoms with van der Waals surface area (Å²) >= 11 is 5.15. The number of hydrogen-bond donors (Lipinski definition) is 2. The predicted octanol–water partition coefficient (Wildman–Crippen LogP) is 2.93. The first-order valence-electron chi connectivity index (χ1n) is 5.21. The summed E-state index contributed by atoms with van der Waals surface area (Å²) < 4.78 is 2.62. The summed E-state index contributed by atoms with van der Waals surface area (Å²) in [6, 6.07) is 8.04. The maximum absolute atomic E-state index is 5.56. The third-order valence-corrected chi connectivity index (χ3v) is 2.83. The highest BCUT2D eigenvalue weighted by Crippen LogP contribution is 2.17. The standard InChI is InChI=1S/C11H14N4S.2ClH/c1-2-15-10(13-14-11(15)16)9-5-3-8(7-12)4-6-9;;/h3-6H,2,7,12H2,1H3,(H,14,16);2*1H. The van der Waals surface area contributed by atoms with E-state index < -0.39 is 0 Å². The van der Waals surface area contributed by atoms with E-state index in [9.17, 15) is 0 Å². The third kappa shape index (κ3) is 3.32. The number of hydrogen-bond acceptors (Lipinski definition) is 3. The fourth-order valence-electron chi connectivity index (χ4n) is 1.62. The van der Waals surface area contributed by atoms with Gasteiger partial charge < -0.3 is 10.3 Å². The normalized spacial score (nSPS) is 9.44. The lowest BCUT2D eigenvalue weighted by Gasteiger charge is -2.04. The van der Waals surface area contributed by atoms with Gasteiger partial charge in [-0.15, -0.1) is 24.8 Å². The van der Waals surface area contributed by atoms with Crippen molar-refractivity contribution in [2.24, 2.45) is 5.73 Å². The zero-order valence-electron chi connectivity index (χ0n) is 9.92. The number of H-pyrrole nitrogens is 1. The van der Waals surface area contributed by atoms with E-state index in [1.165, 1.54) is 0 Å². The van der Waals surface area contributed by atoms with Crippen molar-refractivity contribution in [1.29, 1.82) is 0 Å². The van der Waals surface area contributed by atoms with Crippen LogP contribution in [-0.4, -0.2) is 14.8 Å². The topological polar surface area (TPSA) is 59.6 Å². The van der Waals surface area contributed by atoms with Crippen LogP contribution in [0.25, 0.3) is 11.4 Å². The molecule has 2 rings (SSSR count). The number of nitrogens with one attached hydrogen (secondary N) is 1. The Morgan fingerprint density at radius 2 is 1.89 bits per heavy atom. The van der Waals surface area contributed by atoms with E-state index in [0.29, 0.717) is 11.3 Å². The number of nitrogens with two attached hydrogens (primary N) is 1. The molecule has 2 aromatic rings. The molecule has 0 bridgehead atoms. The van der Waals surface area contributed by atoms with Gasteiger partial charge in [0, 0.05) is 18.7 Å². The summed E-state index contributed by atoms with van der Waals surface area (Å²) in [5, 5.41) is 7.03.